The molecule has 1 aromatic heterocycles. The molecule has 0 unspecified atom stereocenters. The van der Waals surface area contributed by atoms with Gasteiger partial charge in [-0.15, -0.1) is 11.3 Å². The second-order valence-corrected chi connectivity index (χ2v) is 9.53. The van der Waals surface area contributed by atoms with Gasteiger partial charge in [0, 0.05) is 43.3 Å². The number of amides is 2. The van der Waals surface area contributed by atoms with E-state index in [1.165, 1.54) is 35.4 Å². The van der Waals surface area contributed by atoms with E-state index in [1.54, 1.807) is 0 Å². The number of nitrogens with zero attached hydrogens (tertiary/aromatic N) is 2. The van der Waals surface area contributed by atoms with Crippen LogP contribution in [0, 0.1) is 5.92 Å². The summed E-state index contributed by atoms with van der Waals surface area (Å²) >= 11 is 1.82. The minimum atomic E-state index is 0.0210. The standard InChI is InChI=1S/C24H31N3O2S/c28-23(11-10-18-6-2-1-3-7-18)27-16-13-19(14-17-27)24(29)25-15-12-22-26-20-8-4-5-9-21(20)30-22/h1-3,6-7,19H,4-5,8-17H2,(H,25,29). The quantitative estimate of drug-likeness (QED) is 0.738. The second kappa shape index (κ2) is 10.2. The van der Waals surface area contributed by atoms with Crippen molar-refractivity contribution in [1.29, 1.82) is 0 Å². The Kier molecular flexibility index (Phi) is 7.16. The first-order valence-electron chi connectivity index (χ1n) is 11.3. The van der Waals surface area contributed by atoms with Crippen molar-refractivity contribution in [3.05, 3.63) is 51.5 Å². The molecule has 30 heavy (non-hydrogen) atoms. The van der Waals surface area contributed by atoms with Gasteiger partial charge in [0.15, 0.2) is 0 Å². The normalized spacial score (nSPS) is 16.9. The Hall–Kier alpha value is -2.21. The lowest BCUT2D eigenvalue weighted by molar-refractivity contribution is -0.135. The first kappa shape index (κ1) is 21.0. The number of carbonyl (C=O) groups is 2. The smallest absolute Gasteiger partial charge is 0.223 e. The summed E-state index contributed by atoms with van der Waals surface area (Å²) in [4.78, 5) is 33.1. The van der Waals surface area contributed by atoms with E-state index >= 15 is 0 Å². The summed E-state index contributed by atoms with van der Waals surface area (Å²) in [5.74, 6) is 0.353. The maximum absolute atomic E-state index is 12.5. The second-order valence-electron chi connectivity index (χ2n) is 8.37. The summed E-state index contributed by atoms with van der Waals surface area (Å²) in [6, 6.07) is 10.1. The molecular formula is C24H31N3O2S. The summed E-state index contributed by atoms with van der Waals surface area (Å²) in [5.41, 5.74) is 2.48. The molecule has 0 spiro atoms. The van der Waals surface area contributed by atoms with Crippen molar-refractivity contribution in [2.75, 3.05) is 19.6 Å². The third-order valence-electron chi connectivity index (χ3n) is 6.22. The van der Waals surface area contributed by atoms with E-state index in [2.05, 4.69) is 17.4 Å². The third-order valence-corrected chi connectivity index (χ3v) is 7.43. The summed E-state index contributed by atoms with van der Waals surface area (Å²) in [5, 5.41) is 4.25. The highest BCUT2D eigenvalue weighted by molar-refractivity contribution is 7.11. The van der Waals surface area contributed by atoms with E-state index < -0.39 is 0 Å². The zero-order chi connectivity index (χ0) is 20.8. The number of aromatic nitrogens is 1. The number of hydrogen-bond donors (Lipinski definition) is 1. The molecule has 0 saturated carbocycles. The highest BCUT2D eigenvalue weighted by Crippen LogP contribution is 2.26. The Bertz CT molecular complexity index is 833. The molecule has 4 rings (SSSR count). The number of fused-ring (bicyclic) bond motifs is 1. The SMILES string of the molecule is O=C(NCCc1nc2c(s1)CCCC2)C1CCN(C(=O)CCc2ccccc2)CC1. The summed E-state index contributed by atoms with van der Waals surface area (Å²) in [6.07, 6.45) is 8.46. The van der Waals surface area contributed by atoms with Gasteiger partial charge in [0.05, 0.1) is 10.7 Å². The van der Waals surface area contributed by atoms with Crippen LogP contribution in [0.2, 0.25) is 0 Å². The Labute approximate surface area is 182 Å². The molecule has 2 aromatic rings. The first-order valence-corrected chi connectivity index (χ1v) is 12.1. The molecule has 1 aliphatic heterocycles. The lowest BCUT2D eigenvalue weighted by Gasteiger charge is -2.31. The number of thiazole rings is 1. The van der Waals surface area contributed by atoms with Crippen LogP contribution in [0.15, 0.2) is 30.3 Å². The van der Waals surface area contributed by atoms with Crippen molar-refractivity contribution in [1.82, 2.24) is 15.2 Å². The van der Waals surface area contributed by atoms with Crippen LogP contribution < -0.4 is 5.32 Å². The number of rotatable bonds is 7. The predicted octanol–water partition coefficient (Wildman–Crippen LogP) is 3.55. The van der Waals surface area contributed by atoms with E-state index in [9.17, 15) is 9.59 Å². The minimum absolute atomic E-state index is 0.0210. The largest absolute Gasteiger partial charge is 0.355 e. The molecule has 6 heteroatoms. The molecular weight excluding hydrogens is 394 g/mol. The molecule has 0 radical (unpaired) electrons. The number of carbonyl (C=O) groups excluding carboxylic acids is 2. The molecule has 160 valence electrons. The molecule has 2 aliphatic rings. The van der Waals surface area contributed by atoms with Gasteiger partial charge < -0.3 is 10.2 Å². The third kappa shape index (κ3) is 5.48. The molecule has 1 aliphatic carbocycles. The number of aryl methyl sites for hydroxylation is 3. The van der Waals surface area contributed by atoms with Crippen molar-refractivity contribution in [2.24, 2.45) is 5.92 Å². The predicted molar refractivity (Wildman–Crippen MR) is 120 cm³/mol. The van der Waals surface area contributed by atoms with E-state index in [0.717, 1.165) is 37.1 Å². The zero-order valence-electron chi connectivity index (χ0n) is 17.6. The number of benzene rings is 1. The van der Waals surface area contributed by atoms with Gasteiger partial charge in [-0.05, 0) is 50.5 Å². The number of hydrogen-bond acceptors (Lipinski definition) is 4. The van der Waals surface area contributed by atoms with Crippen molar-refractivity contribution in [3.63, 3.8) is 0 Å². The van der Waals surface area contributed by atoms with Crippen LogP contribution in [0.1, 0.15) is 53.2 Å². The monoisotopic (exact) mass is 425 g/mol. The van der Waals surface area contributed by atoms with Crippen LogP contribution in [-0.4, -0.2) is 41.3 Å². The van der Waals surface area contributed by atoms with Gasteiger partial charge in [-0.2, -0.15) is 0 Å². The van der Waals surface area contributed by atoms with Crippen LogP contribution >= 0.6 is 11.3 Å². The van der Waals surface area contributed by atoms with E-state index in [-0.39, 0.29) is 17.7 Å². The average Bonchev–Trinajstić information content (AvgIpc) is 3.21. The Morgan fingerprint density at radius 3 is 2.60 bits per heavy atom. The minimum Gasteiger partial charge on any atom is -0.355 e. The molecule has 2 heterocycles. The van der Waals surface area contributed by atoms with E-state index in [4.69, 9.17) is 4.98 Å². The lowest BCUT2D eigenvalue weighted by atomic mass is 9.95. The molecule has 1 saturated heterocycles. The molecule has 5 nitrogen and oxygen atoms in total. The van der Waals surface area contributed by atoms with Crippen LogP contribution in [0.5, 0.6) is 0 Å². The molecule has 1 aromatic carbocycles. The van der Waals surface area contributed by atoms with Crippen molar-refractivity contribution >= 4 is 23.2 Å². The van der Waals surface area contributed by atoms with Gasteiger partial charge in [0.1, 0.15) is 0 Å². The van der Waals surface area contributed by atoms with Crippen LogP contribution in [-0.2, 0) is 35.3 Å². The molecule has 0 bridgehead atoms. The zero-order valence-corrected chi connectivity index (χ0v) is 18.4. The molecule has 0 atom stereocenters. The Balaban J connectivity index is 1.15. The fraction of sp³-hybridized carbons (Fsp3) is 0.542. The van der Waals surface area contributed by atoms with Crippen molar-refractivity contribution in [3.8, 4) is 0 Å². The molecule has 1 N–H and O–H groups in total. The maximum atomic E-state index is 12.5. The van der Waals surface area contributed by atoms with Crippen LogP contribution in [0.4, 0.5) is 0 Å². The Morgan fingerprint density at radius 2 is 1.83 bits per heavy atom. The average molecular weight is 426 g/mol. The Morgan fingerprint density at radius 1 is 1.07 bits per heavy atom. The maximum Gasteiger partial charge on any atom is 0.223 e. The molecule has 1 fully saturated rings. The highest BCUT2D eigenvalue weighted by Gasteiger charge is 2.27. The summed E-state index contributed by atoms with van der Waals surface area (Å²) < 4.78 is 0. The highest BCUT2D eigenvalue weighted by atomic mass is 32.1. The number of piperidine rings is 1. The van der Waals surface area contributed by atoms with Gasteiger partial charge in [-0.1, -0.05) is 30.3 Å². The lowest BCUT2D eigenvalue weighted by Crippen LogP contribution is -2.43. The summed E-state index contributed by atoms with van der Waals surface area (Å²) in [6.45, 7) is 2.03. The van der Waals surface area contributed by atoms with E-state index in [0.29, 0.717) is 26.1 Å². The van der Waals surface area contributed by atoms with Crippen molar-refractivity contribution in [2.45, 2.75) is 57.8 Å². The van der Waals surface area contributed by atoms with Crippen molar-refractivity contribution < 1.29 is 9.59 Å². The first-order chi connectivity index (χ1) is 14.7. The van der Waals surface area contributed by atoms with Gasteiger partial charge in [-0.3, -0.25) is 9.59 Å². The molecule has 2 amide bonds. The fourth-order valence-corrected chi connectivity index (χ4v) is 5.55. The fourth-order valence-electron chi connectivity index (χ4n) is 4.39. The van der Waals surface area contributed by atoms with Gasteiger partial charge >= 0.3 is 0 Å². The van der Waals surface area contributed by atoms with Gasteiger partial charge in [0.25, 0.3) is 0 Å². The van der Waals surface area contributed by atoms with Gasteiger partial charge in [0.2, 0.25) is 11.8 Å². The number of likely N-dealkylation sites (tertiary alicyclic amines) is 1. The topological polar surface area (TPSA) is 62.3 Å². The summed E-state index contributed by atoms with van der Waals surface area (Å²) in [7, 11) is 0. The van der Waals surface area contributed by atoms with Gasteiger partial charge in [-0.25, -0.2) is 4.98 Å². The van der Waals surface area contributed by atoms with Crippen LogP contribution in [0.25, 0.3) is 0 Å². The number of nitrogens with one attached hydrogen (secondary N) is 1. The van der Waals surface area contributed by atoms with Crippen LogP contribution in [0.3, 0.4) is 0 Å². The van der Waals surface area contributed by atoms with E-state index in [1.807, 2.05) is 34.4 Å².